The lowest BCUT2D eigenvalue weighted by Crippen LogP contribution is -2.53. The summed E-state index contributed by atoms with van der Waals surface area (Å²) >= 11 is 0. The van der Waals surface area contributed by atoms with Crippen molar-refractivity contribution in [3.63, 3.8) is 0 Å². The second-order valence-corrected chi connectivity index (χ2v) is 4.84. The number of carbonyl (C=O) groups excluding carboxylic acids is 1. The number of halogens is 3. The van der Waals surface area contributed by atoms with Gasteiger partial charge in [-0.2, -0.15) is 13.2 Å². The summed E-state index contributed by atoms with van der Waals surface area (Å²) in [6, 6.07) is 1.63. The van der Waals surface area contributed by atoms with E-state index in [-0.39, 0.29) is 32.5 Å². The summed E-state index contributed by atoms with van der Waals surface area (Å²) in [5.41, 5.74) is -2.42. The summed E-state index contributed by atoms with van der Waals surface area (Å²) < 4.78 is 44.7. The number of rotatable bonds is 3. The summed E-state index contributed by atoms with van der Waals surface area (Å²) in [4.78, 5) is 21.5. The van der Waals surface area contributed by atoms with E-state index in [1.807, 2.05) is 0 Å². The Balaban J connectivity index is 2.16. The van der Waals surface area contributed by atoms with Crippen molar-refractivity contribution >= 4 is 11.9 Å². The van der Waals surface area contributed by atoms with Crippen LogP contribution in [0.15, 0.2) is 18.5 Å². The molecule has 1 aromatic heterocycles. The Bertz CT molecular complexity index is 485. The maximum Gasteiger partial charge on any atom is 0.405 e. The van der Waals surface area contributed by atoms with Gasteiger partial charge in [0.2, 0.25) is 5.95 Å². The third kappa shape index (κ3) is 2.93. The molecule has 0 aliphatic carbocycles. The molecule has 1 fully saturated rings. The molecule has 0 spiro atoms. The van der Waals surface area contributed by atoms with Crippen LogP contribution < -0.4 is 4.90 Å². The molecule has 21 heavy (non-hydrogen) atoms. The van der Waals surface area contributed by atoms with Crippen LogP contribution in [-0.4, -0.2) is 41.8 Å². The van der Waals surface area contributed by atoms with E-state index in [0.29, 0.717) is 5.95 Å². The third-order valence-corrected chi connectivity index (χ3v) is 3.66. The highest BCUT2D eigenvalue weighted by molar-refractivity contribution is 5.78. The van der Waals surface area contributed by atoms with E-state index < -0.39 is 17.6 Å². The van der Waals surface area contributed by atoms with Crippen molar-refractivity contribution < 1.29 is 22.7 Å². The predicted molar refractivity (Wildman–Crippen MR) is 68.6 cm³/mol. The molecule has 2 heterocycles. The quantitative estimate of drug-likeness (QED) is 0.801. The van der Waals surface area contributed by atoms with Gasteiger partial charge in [-0.15, -0.1) is 0 Å². The van der Waals surface area contributed by atoms with E-state index in [4.69, 9.17) is 0 Å². The van der Waals surface area contributed by atoms with Crippen LogP contribution in [0.4, 0.5) is 19.1 Å². The molecule has 0 amide bonds. The molecule has 0 saturated carbocycles. The summed E-state index contributed by atoms with van der Waals surface area (Å²) in [7, 11) is 0. The largest absolute Gasteiger partial charge is 0.465 e. The highest BCUT2D eigenvalue weighted by Crippen LogP contribution is 2.47. The Morgan fingerprint density at radius 3 is 2.38 bits per heavy atom. The first-order valence-corrected chi connectivity index (χ1v) is 6.66. The molecule has 116 valence electrons. The van der Waals surface area contributed by atoms with Gasteiger partial charge in [0, 0.05) is 25.5 Å². The molecule has 0 unspecified atom stereocenters. The van der Waals surface area contributed by atoms with Crippen molar-refractivity contribution in [1.82, 2.24) is 9.97 Å². The van der Waals surface area contributed by atoms with Crippen LogP contribution in [0.2, 0.25) is 0 Å². The number of aromatic nitrogens is 2. The molecule has 1 aliphatic rings. The standard InChI is InChI=1S/C13H16F3N3O2/c1-2-21-10(20)12(13(14,15)16)4-8-19(9-5-12)11-17-6-3-7-18-11/h3,6-7H,2,4-5,8-9H2,1H3. The Labute approximate surface area is 120 Å². The van der Waals surface area contributed by atoms with E-state index in [1.165, 1.54) is 19.3 Å². The molecular formula is C13H16F3N3O2. The average molecular weight is 303 g/mol. The molecule has 2 rings (SSSR count). The maximum atomic E-state index is 13.3. The van der Waals surface area contributed by atoms with Crippen molar-refractivity contribution in [3.8, 4) is 0 Å². The van der Waals surface area contributed by atoms with Gasteiger partial charge in [0.05, 0.1) is 6.61 Å². The number of ether oxygens (including phenoxy) is 1. The normalized spacial score (nSPS) is 18.4. The molecule has 0 aromatic carbocycles. The number of nitrogens with zero attached hydrogens (tertiary/aromatic N) is 3. The third-order valence-electron chi connectivity index (χ3n) is 3.66. The zero-order chi connectivity index (χ0) is 15.5. The van der Waals surface area contributed by atoms with Crippen LogP contribution >= 0.6 is 0 Å². The van der Waals surface area contributed by atoms with E-state index in [2.05, 4.69) is 14.7 Å². The topological polar surface area (TPSA) is 55.3 Å². The van der Waals surface area contributed by atoms with Crippen LogP contribution in [0.5, 0.6) is 0 Å². The first-order valence-electron chi connectivity index (χ1n) is 6.66. The fourth-order valence-electron chi connectivity index (χ4n) is 2.42. The smallest absolute Gasteiger partial charge is 0.405 e. The average Bonchev–Trinajstić information content (AvgIpc) is 2.47. The molecule has 5 nitrogen and oxygen atoms in total. The first-order chi connectivity index (χ1) is 9.90. The van der Waals surface area contributed by atoms with Gasteiger partial charge in [-0.25, -0.2) is 9.97 Å². The Hall–Kier alpha value is -1.86. The Morgan fingerprint density at radius 2 is 1.90 bits per heavy atom. The molecule has 0 N–H and O–H groups in total. The monoisotopic (exact) mass is 303 g/mol. The highest BCUT2D eigenvalue weighted by Gasteiger charge is 2.62. The van der Waals surface area contributed by atoms with Gasteiger partial charge >= 0.3 is 12.1 Å². The van der Waals surface area contributed by atoms with Gasteiger partial charge in [-0.3, -0.25) is 4.79 Å². The van der Waals surface area contributed by atoms with Crippen LogP contribution in [0.1, 0.15) is 19.8 Å². The minimum absolute atomic E-state index is 0.0579. The second-order valence-electron chi connectivity index (χ2n) is 4.84. The highest BCUT2D eigenvalue weighted by atomic mass is 19.4. The van der Waals surface area contributed by atoms with Crippen molar-refractivity contribution in [2.45, 2.75) is 25.9 Å². The predicted octanol–water partition coefficient (Wildman–Crippen LogP) is 2.19. The number of hydrogen-bond acceptors (Lipinski definition) is 5. The van der Waals surface area contributed by atoms with Crippen molar-refractivity contribution in [1.29, 1.82) is 0 Å². The maximum absolute atomic E-state index is 13.3. The fraction of sp³-hybridized carbons (Fsp3) is 0.615. The van der Waals surface area contributed by atoms with Crippen LogP contribution in [0.25, 0.3) is 0 Å². The van der Waals surface area contributed by atoms with Crippen LogP contribution in [-0.2, 0) is 9.53 Å². The minimum atomic E-state index is -4.62. The summed E-state index contributed by atoms with van der Waals surface area (Å²) in [6.07, 6.45) is -2.28. The van der Waals surface area contributed by atoms with Gasteiger partial charge < -0.3 is 9.64 Å². The van der Waals surface area contributed by atoms with E-state index >= 15 is 0 Å². The number of esters is 1. The molecule has 1 aliphatic heterocycles. The molecule has 1 saturated heterocycles. The van der Waals surface area contributed by atoms with E-state index in [1.54, 1.807) is 11.0 Å². The summed E-state index contributed by atoms with van der Waals surface area (Å²) in [6.45, 7) is 1.54. The Morgan fingerprint density at radius 1 is 1.33 bits per heavy atom. The molecule has 0 atom stereocenters. The zero-order valence-corrected chi connectivity index (χ0v) is 11.6. The van der Waals surface area contributed by atoms with Gasteiger partial charge in [-0.1, -0.05) is 0 Å². The van der Waals surface area contributed by atoms with Crippen molar-refractivity contribution in [2.24, 2.45) is 5.41 Å². The number of anilines is 1. The van der Waals surface area contributed by atoms with Gasteiger partial charge in [0.25, 0.3) is 0 Å². The van der Waals surface area contributed by atoms with Gasteiger partial charge in [0.1, 0.15) is 0 Å². The summed E-state index contributed by atoms with van der Waals surface area (Å²) in [5, 5.41) is 0. The molecule has 0 bridgehead atoms. The summed E-state index contributed by atoms with van der Waals surface area (Å²) in [5.74, 6) is -0.816. The number of carbonyl (C=O) groups is 1. The van der Waals surface area contributed by atoms with Crippen LogP contribution in [0.3, 0.4) is 0 Å². The van der Waals surface area contributed by atoms with Gasteiger partial charge in [-0.05, 0) is 25.8 Å². The van der Waals surface area contributed by atoms with E-state index in [0.717, 1.165) is 0 Å². The SMILES string of the molecule is CCOC(=O)C1(C(F)(F)F)CCN(c2ncccn2)CC1. The van der Waals surface area contributed by atoms with E-state index in [9.17, 15) is 18.0 Å². The second kappa shape index (κ2) is 5.87. The molecule has 0 radical (unpaired) electrons. The zero-order valence-electron chi connectivity index (χ0n) is 11.6. The number of alkyl halides is 3. The molecule has 8 heteroatoms. The van der Waals surface area contributed by atoms with Crippen molar-refractivity contribution in [2.75, 3.05) is 24.6 Å². The van der Waals surface area contributed by atoms with Crippen LogP contribution in [0, 0.1) is 5.41 Å². The minimum Gasteiger partial charge on any atom is -0.465 e. The first kappa shape index (κ1) is 15.5. The Kier molecular flexibility index (Phi) is 4.34. The molecule has 1 aromatic rings. The lowest BCUT2D eigenvalue weighted by Gasteiger charge is -2.40. The molecular weight excluding hydrogens is 287 g/mol. The lowest BCUT2D eigenvalue weighted by atomic mass is 9.77. The lowest BCUT2D eigenvalue weighted by molar-refractivity contribution is -0.239. The number of hydrogen-bond donors (Lipinski definition) is 0. The van der Waals surface area contributed by atoms with Gasteiger partial charge in [0.15, 0.2) is 5.41 Å². The number of piperidine rings is 1. The fourth-order valence-corrected chi connectivity index (χ4v) is 2.42. The van der Waals surface area contributed by atoms with Crippen molar-refractivity contribution in [3.05, 3.63) is 18.5 Å².